The van der Waals surface area contributed by atoms with Gasteiger partial charge in [0.25, 0.3) is 0 Å². The first-order valence-corrected chi connectivity index (χ1v) is 25.2. The zero-order valence-corrected chi connectivity index (χ0v) is 40.8. The van der Waals surface area contributed by atoms with E-state index in [4.69, 9.17) is 28.1 Å². The highest BCUT2D eigenvalue weighted by atomic mass is 28.4. The van der Waals surface area contributed by atoms with Crippen LogP contribution in [0.1, 0.15) is 111 Å². The standard InChI is InChI=1S/C49H67NO14Si/c1-27-31(60-42(56)37(64-65(12,13)45(6,7)8)35(29-20-16-14-17-21-29)50-43(57)63-44(3,4)5)25-49(58)40(61-41(55)30-22-18-15-19-23-30)38-47(11,39(54)36(53)34(27)46(49,9)10)32(52)24-33-48(38,26-59-33)62-28(2)51/h14-23,31-33,35-38,40,52-53,58H,24-26H2,1-13H3,(H,50,57)/t31-,32-,33+,35-,36+,37+,38?,40?,47+,48-,49+/m0/s1. The Balaban J connectivity index is 1.55. The van der Waals surface area contributed by atoms with Crippen LogP contribution in [-0.2, 0) is 42.5 Å². The average molecular weight is 922 g/mol. The number of benzene rings is 2. The number of carbonyl (C=O) groups is 5. The van der Waals surface area contributed by atoms with Crippen molar-refractivity contribution >= 4 is 38.1 Å². The van der Waals surface area contributed by atoms with Gasteiger partial charge in [-0.1, -0.05) is 83.1 Å². The van der Waals surface area contributed by atoms with Gasteiger partial charge in [0.05, 0.1) is 35.6 Å². The van der Waals surface area contributed by atoms with Crippen molar-refractivity contribution in [2.75, 3.05) is 6.61 Å². The molecule has 11 atom stereocenters. The molecule has 65 heavy (non-hydrogen) atoms. The molecule has 3 fully saturated rings. The summed E-state index contributed by atoms with van der Waals surface area (Å²) >= 11 is 0. The summed E-state index contributed by atoms with van der Waals surface area (Å²) in [6.45, 7) is 22.1. The number of esters is 3. The molecule has 1 heterocycles. The molecule has 4 N–H and O–H groups in total. The summed E-state index contributed by atoms with van der Waals surface area (Å²) in [5.41, 5.74) is -7.76. The second-order valence-corrected chi connectivity index (χ2v) is 26.2. The molecule has 1 saturated heterocycles. The highest BCUT2D eigenvalue weighted by Crippen LogP contribution is 2.64. The molecule has 3 aliphatic carbocycles. The number of hydrogen-bond acceptors (Lipinski definition) is 14. The summed E-state index contributed by atoms with van der Waals surface area (Å²) < 4.78 is 37.5. The van der Waals surface area contributed by atoms with E-state index in [2.05, 4.69) is 5.32 Å². The Labute approximate surface area is 382 Å². The number of hydrogen-bond donors (Lipinski definition) is 4. The number of amides is 1. The minimum atomic E-state index is -2.90. The van der Waals surface area contributed by atoms with Gasteiger partial charge < -0.3 is 48.7 Å². The number of nitrogens with one attached hydrogen (secondary N) is 1. The third kappa shape index (κ3) is 8.82. The van der Waals surface area contributed by atoms with Crippen LogP contribution in [0.2, 0.25) is 18.1 Å². The maximum atomic E-state index is 15.2. The minimum absolute atomic E-state index is 0.0106. The third-order valence-corrected chi connectivity index (χ3v) is 19.2. The molecule has 356 valence electrons. The SMILES string of the molecule is CC(=O)O[C@@]12CO[C@@H]1C[C@H](O)[C@@]1(C)C(=O)[C@H](O)C3=C(C)[C@@H](OC(=O)[C@H](O[Si](C)(C)C(C)(C)C)[C@@H](NC(=O)OC(C)(C)C)c4ccccc4)C[C@@](O)(C(OC(=O)c4ccccc4)C12)C3(C)C. The molecule has 15 nitrogen and oxygen atoms in total. The fraction of sp³-hybridized carbons (Fsp3) is 0.612. The van der Waals surface area contributed by atoms with Crippen LogP contribution >= 0.6 is 0 Å². The number of Topliss-reactive ketones (excluding diaryl/α,β-unsaturated/α-hetero) is 1. The topological polar surface area (TPSA) is 213 Å². The molecule has 0 aromatic heterocycles. The maximum Gasteiger partial charge on any atom is 0.408 e. The Bertz CT molecular complexity index is 2200. The Morgan fingerprint density at radius 2 is 1.49 bits per heavy atom. The number of carbonyl (C=O) groups excluding carboxylic acids is 5. The van der Waals surface area contributed by atoms with Crippen LogP contribution in [0.15, 0.2) is 71.8 Å². The predicted molar refractivity (Wildman–Crippen MR) is 240 cm³/mol. The fourth-order valence-electron chi connectivity index (χ4n) is 10.2. The molecule has 0 radical (unpaired) electrons. The highest BCUT2D eigenvalue weighted by molar-refractivity contribution is 6.74. The van der Waals surface area contributed by atoms with Gasteiger partial charge in [-0.2, -0.15) is 0 Å². The zero-order chi connectivity index (χ0) is 48.5. The maximum absolute atomic E-state index is 15.2. The van der Waals surface area contributed by atoms with Crippen molar-refractivity contribution < 1.29 is 67.4 Å². The molecule has 1 amide bonds. The first-order valence-electron chi connectivity index (χ1n) is 22.3. The Morgan fingerprint density at radius 1 is 0.908 bits per heavy atom. The Hall–Kier alpha value is -4.45. The van der Waals surface area contributed by atoms with Crippen molar-refractivity contribution in [2.24, 2.45) is 16.7 Å². The quantitative estimate of drug-likeness (QED) is 0.0893. The summed E-state index contributed by atoms with van der Waals surface area (Å²) in [7, 11) is -2.90. The van der Waals surface area contributed by atoms with E-state index in [-0.39, 0.29) is 29.7 Å². The molecule has 2 aromatic carbocycles. The van der Waals surface area contributed by atoms with Crippen LogP contribution in [0.4, 0.5) is 4.79 Å². The van der Waals surface area contributed by atoms with Crippen molar-refractivity contribution in [1.82, 2.24) is 5.32 Å². The monoisotopic (exact) mass is 921 g/mol. The van der Waals surface area contributed by atoms with Gasteiger partial charge in [0, 0.05) is 25.2 Å². The van der Waals surface area contributed by atoms with Gasteiger partial charge in [-0.15, -0.1) is 0 Å². The number of alkyl carbamates (subject to hydrolysis) is 1. The molecule has 16 heteroatoms. The van der Waals surface area contributed by atoms with Gasteiger partial charge in [0.15, 0.2) is 25.8 Å². The number of aliphatic hydroxyl groups is 3. The van der Waals surface area contributed by atoms with Crippen molar-refractivity contribution in [3.8, 4) is 0 Å². The van der Waals surface area contributed by atoms with Gasteiger partial charge >= 0.3 is 24.0 Å². The summed E-state index contributed by atoms with van der Waals surface area (Å²) in [4.78, 5) is 71.4. The first kappa shape index (κ1) is 50.0. The lowest BCUT2D eigenvalue weighted by molar-refractivity contribution is -0.346. The van der Waals surface area contributed by atoms with Crippen LogP contribution < -0.4 is 5.32 Å². The lowest BCUT2D eigenvalue weighted by Gasteiger charge is -2.67. The van der Waals surface area contributed by atoms with Gasteiger partial charge in [-0.05, 0) is 81.6 Å². The van der Waals surface area contributed by atoms with Gasteiger partial charge in [-0.25, -0.2) is 14.4 Å². The number of aliphatic hydroxyl groups excluding tert-OH is 2. The number of fused-ring (bicyclic) bond motifs is 5. The summed E-state index contributed by atoms with van der Waals surface area (Å²) in [5.74, 6) is -4.98. The average Bonchev–Trinajstić information content (AvgIpc) is 3.20. The van der Waals surface area contributed by atoms with Crippen LogP contribution in [0, 0.1) is 16.7 Å². The number of ketones is 1. The van der Waals surface area contributed by atoms with E-state index in [1.807, 2.05) is 33.9 Å². The Morgan fingerprint density at radius 3 is 2.02 bits per heavy atom. The second kappa shape index (κ2) is 17.3. The van der Waals surface area contributed by atoms with E-state index in [0.29, 0.717) is 5.56 Å². The molecule has 2 saturated carbocycles. The van der Waals surface area contributed by atoms with E-state index in [1.54, 1.807) is 90.1 Å². The molecular formula is C49H67NO14Si. The van der Waals surface area contributed by atoms with Crippen LogP contribution in [-0.4, -0.2) is 113 Å². The van der Waals surface area contributed by atoms with Crippen molar-refractivity contribution in [1.29, 1.82) is 0 Å². The second-order valence-electron chi connectivity index (χ2n) is 21.4. The summed E-state index contributed by atoms with van der Waals surface area (Å²) in [6, 6.07) is 15.6. The van der Waals surface area contributed by atoms with Crippen molar-refractivity contribution in [3.05, 3.63) is 82.9 Å². The van der Waals surface area contributed by atoms with Gasteiger partial charge in [0.1, 0.15) is 35.6 Å². The highest BCUT2D eigenvalue weighted by Gasteiger charge is 2.78. The van der Waals surface area contributed by atoms with Crippen LogP contribution in [0.3, 0.4) is 0 Å². The first-order chi connectivity index (χ1) is 29.9. The predicted octanol–water partition coefficient (Wildman–Crippen LogP) is 6.29. The largest absolute Gasteiger partial charge is 0.456 e. The summed E-state index contributed by atoms with van der Waals surface area (Å²) in [5, 5.41) is 40.6. The molecule has 6 rings (SSSR count). The molecule has 2 aromatic rings. The third-order valence-electron chi connectivity index (χ3n) is 14.8. The van der Waals surface area contributed by atoms with E-state index in [0.717, 1.165) is 0 Å². The van der Waals surface area contributed by atoms with Crippen LogP contribution in [0.5, 0.6) is 0 Å². The Kier molecular flexibility index (Phi) is 13.3. The minimum Gasteiger partial charge on any atom is -0.456 e. The van der Waals surface area contributed by atoms with Crippen molar-refractivity contribution in [3.63, 3.8) is 0 Å². The number of ether oxygens (including phenoxy) is 5. The summed E-state index contributed by atoms with van der Waals surface area (Å²) in [6.07, 6.45) is -10.7. The molecular weight excluding hydrogens is 855 g/mol. The molecule has 0 spiro atoms. The van der Waals surface area contributed by atoms with Gasteiger partial charge in [0.2, 0.25) is 0 Å². The normalized spacial score (nSPS) is 31.9. The van der Waals surface area contributed by atoms with Crippen LogP contribution in [0.25, 0.3) is 0 Å². The lowest BCUT2D eigenvalue weighted by atomic mass is 9.44. The van der Waals surface area contributed by atoms with E-state index < -0.39 is 126 Å². The van der Waals surface area contributed by atoms with E-state index in [9.17, 15) is 29.7 Å². The molecule has 1 aliphatic heterocycles. The smallest absolute Gasteiger partial charge is 0.408 e. The number of rotatable bonds is 10. The zero-order valence-electron chi connectivity index (χ0n) is 39.8. The van der Waals surface area contributed by atoms with Crippen molar-refractivity contribution in [2.45, 2.75) is 167 Å². The molecule has 2 bridgehead atoms. The molecule has 2 unspecified atom stereocenters. The van der Waals surface area contributed by atoms with Gasteiger partial charge in [-0.3, -0.25) is 9.59 Å². The lowest BCUT2D eigenvalue weighted by Crippen LogP contribution is -2.81. The van der Waals surface area contributed by atoms with E-state index >= 15 is 9.59 Å². The van der Waals surface area contributed by atoms with E-state index in [1.165, 1.54) is 26.0 Å². The fourth-order valence-corrected chi connectivity index (χ4v) is 11.4. The molecule has 4 aliphatic rings.